The Morgan fingerprint density at radius 1 is 1.04 bits per heavy atom. The summed E-state index contributed by atoms with van der Waals surface area (Å²) in [4.78, 5) is 28.5. The number of rotatable bonds is 4. The van der Waals surface area contributed by atoms with Gasteiger partial charge in [0.1, 0.15) is 18.9 Å². The van der Waals surface area contributed by atoms with Crippen LogP contribution in [-0.4, -0.2) is 36.1 Å². The van der Waals surface area contributed by atoms with Gasteiger partial charge >= 0.3 is 0 Å². The van der Waals surface area contributed by atoms with Gasteiger partial charge in [-0.3, -0.25) is 14.6 Å². The Kier molecular flexibility index (Phi) is 4.83. The number of pyridine rings is 1. The van der Waals surface area contributed by atoms with Crippen molar-refractivity contribution in [2.45, 2.75) is 19.9 Å². The molecule has 7 heteroatoms. The molecule has 25 heavy (non-hydrogen) atoms. The van der Waals surface area contributed by atoms with Crippen molar-refractivity contribution in [2.24, 2.45) is 0 Å². The van der Waals surface area contributed by atoms with E-state index in [1.807, 2.05) is 13.8 Å². The standard InChI is InChI=1S/C18H19N3O4/c1-11(2)20-18(23)14-9-12(5-6-19-14)17(22)21-13-3-4-15-16(10-13)25-8-7-24-15/h3-6,9-11H,7-8H2,1-2H3,(H,20,23)(H,21,22). The Balaban J connectivity index is 1.74. The summed E-state index contributed by atoms with van der Waals surface area (Å²) < 4.78 is 11.0. The Hall–Kier alpha value is -3.09. The molecule has 2 heterocycles. The maximum Gasteiger partial charge on any atom is 0.270 e. The van der Waals surface area contributed by atoms with Gasteiger partial charge < -0.3 is 20.1 Å². The molecule has 0 unspecified atom stereocenters. The minimum Gasteiger partial charge on any atom is -0.486 e. The molecule has 7 nitrogen and oxygen atoms in total. The molecule has 2 amide bonds. The second kappa shape index (κ2) is 7.21. The summed E-state index contributed by atoms with van der Waals surface area (Å²) in [6.45, 7) is 4.70. The van der Waals surface area contributed by atoms with E-state index < -0.39 is 0 Å². The first kappa shape index (κ1) is 16.8. The first-order valence-corrected chi connectivity index (χ1v) is 8.01. The maximum atomic E-state index is 12.4. The molecule has 0 saturated heterocycles. The largest absolute Gasteiger partial charge is 0.486 e. The normalized spacial score (nSPS) is 12.6. The highest BCUT2D eigenvalue weighted by atomic mass is 16.6. The fourth-order valence-electron chi connectivity index (χ4n) is 2.36. The summed E-state index contributed by atoms with van der Waals surface area (Å²) in [5, 5.41) is 5.53. The first-order chi connectivity index (χ1) is 12.0. The highest BCUT2D eigenvalue weighted by molar-refractivity contribution is 6.05. The van der Waals surface area contributed by atoms with E-state index in [2.05, 4.69) is 15.6 Å². The van der Waals surface area contributed by atoms with Crippen LogP contribution in [0.5, 0.6) is 11.5 Å². The number of nitrogens with one attached hydrogen (secondary N) is 2. The van der Waals surface area contributed by atoms with Gasteiger partial charge in [-0.1, -0.05) is 0 Å². The number of nitrogens with zero attached hydrogens (tertiary/aromatic N) is 1. The van der Waals surface area contributed by atoms with E-state index in [0.29, 0.717) is 36.0 Å². The van der Waals surface area contributed by atoms with Gasteiger partial charge in [0, 0.05) is 29.6 Å². The lowest BCUT2D eigenvalue weighted by molar-refractivity contribution is 0.0938. The molecule has 1 aliphatic heterocycles. The summed E-state index contributed by atoms with van der Waals surface area (Å²) in [6.07, 6.45) is 1.44. The quantitative estimate of drug-likeness (QED) is 0.890. The number of hydrogen-bond acceptors (Lipinski definition) is 5. The number of aromatic nitrogens is 1. The molecule has 0 atom stereocenters. The van der Waals surface area contributed by atoms with Crippen LogP contribution in [0.1, 0.15) is 34.7 Å². The van der Waals surface area contributed by atoms with E-state index >= 15 is 0 Å². The summed E-state index contributed by atoms with van der Waals surface area (Å²) in [6, 6.07) is 8.20. The molecule has 2 N–H and O–H groups in total. The van der Waals surface area contributed by atoms with Gasteiger partial charge in [0.05, 0.1) is 0 Å². The molecule has 0 bridgehead atoms. The van der Waals surface area contributed by atoms with E-state index in [1.165, 1.54) is 12.3 Å². The van der Waals surface area contributed by atoms with Gasteiger partial charge in [-0.05, 0) is 38.1 Å². The second-order valence-corrected chi connectivity index (χ2v) is 5.87. The topological polar surface area (TPSA) is 89.6 Å². The average Bonchev–Trinajstić information content (AvgIpc) is 2.61. The zero-order valence-corrected chi connectivity index (χ0v) is 14.0. The molecule has 1 aliphatic rings. The number of carbonyl (C=O) groups excluding carboxylic acids is 2. The van der Waals surface area contributed by atoms with Crippen LogP contribution in [0.25, 0.3) is 0 Å². The highest BCUT2D eigenvalue weighted by Gasteiger charge is 2.15. The summed E-state index contributed by atoms with van der Waals surface area (Å²) in [7, 11) is 0. The third-order valence-electron chi connectivity index (χ3n) is 3.47. The third kappa shape index (κ3) is 4.06. The number of carbonyl (C=O) groups is 2. The molecule has 1 aromatic heterocycles. The lowest BCUT2D eigenvalue weighted by Gasteiger charge is -2.19. The Morgan fingerprint density at radius 2 is 1.80 bits per heavy atom. The fourth-order valence-corrected chi connectivity index (χ4v) is 2.36. The molecule has 130 valence electrons. The average molecular weight is 341 g/mol. The van der Waals surface area contributed by atoms with Crippen LogP contribution in [-0.2, 0) is 0 Å². The molecule has 0 aliphatic carbocycles. The van der Waals surface area contributed by atoms with Gasteiger partial charge in [-0.2, -0.15) is 0 Å². The molecule has 0 radical (unpaired) electrons. The van der Waals surface area contributed by atoms with E-state index in [0.717, 1.165) is 0 Å². The van der Waals surface area contributed by atoms with Crippen LogP contribution in [0.3, 0.4) is 0 Å². The molecule has 0 spiro atoms. The van der Waals surface area contributed by atoms with Crippen molar-refractivity contribution in [3.05, 3.63) is 47.8 Å². The number of hydrogen-bond donors (Lipinski definition) is 2. The van der Waals surface area contributed by atoms with E-state index in [4.69, 9.17) is 9.47 Å². The first-order valence-electron chi connectivity index (χ1n) is 8.01. The van der Waals surface area contributed by atoms with Crippen molar-refractivity contribution >= 4 is 17.5 Å². The number of ether oxygens (including phenoxy) is 2. The molecular weight excluding hydrogens is 322 g/mol. The SMILES string of the molecule is CC(C)NC(=O)c1cc(C(=O)Nc2ccc3c(c2)OCCO3)ccn1. The van der Waals surface area contributed by atoms with E-state index in [1.54, 1.807) is 24.3 Å². The van der Waals surface area contributed by atoms with Crippen molar-refractivity contribution in [3.63, 3.8) is 0 Å². The third-order valence-corrected chi connectivity index (χ3v) is 3.47. The minimum atomic E-state index is -0.335. The van der Waals surface area contributed by atoms with Crippen molar-refractivity contribution in [3.8, 4) is 11.5 Å². The van der Waals surface area contributed by atoms with Crippen LogP contribution in [0.2, 0.25) is 0 Å². The van der Waals surface area contributed by atoms with Gasteiger partial charge in [0.15, 0.2) is 11.5 Å². The van der Waals surface area contributed by atoms with E-state index in [-0.39, 0.29) is 23.6 Å². The van der Waals surface area contributed by atoms with Crippen molar-refractivity contribution < 1.29 is 19.1 Å². The summed E-state index contributed by atoms with van der Waals surface area (Å²) in [5.41, 5.74) is 1.13. The maximum absolute atomic E-state index is 12.4. The molecule has 0 fully saturated rings. The van der Waals surface area contributed by atoms with E-state index in [9.17, 15) is 9.59 Å². The van der Waals surface area contributed by atoms with Crippen molar-refractivity contribution in [2.75, 3.05) is 18.5 Å². The summed E-state index contributed by atoms with van der Waals surface area (Å²) >= 11 is 0. The van der Waals surface area contributed by atoms with Gasteiger partial charge in [0.25, 0.3) is 11.8 Å². The zero-order valence-electron chi connectivity index (χ0n) is 14.0. The fraction of sp³-hybridized carbons (Fsp3) is 0.278. The number of amides is 2. The van der Waals surface area contributed by atoms with Gasteiger partial charge in [-0.25, -0.2) is 0 Å². The van der Waals surface area contributed by atoms with Crippen molar-refractivity contribution in [1.29, 1.82) is 0 Å². The zero-order chi connectivity index (χ0) is 17.8. The molecular formula is C18H19N3O4. The number of fused-ring (bicyclic) bond motifs is 1. The summed E-state index contributed by atoms with van der Waals surface area (Å²) in [5.74, 6) is 0.596. The van der Waals surface area contributed by atoms with Crippen LogP contribution >= 0.6 is 0 Å². The second-order valence-electron chi connectivity index (χ2n) is 5.87. The van der Waals surface area contributed by atoms with Crippen LogP contribution in [0, 0.1) is 0 Å². The molecule has 3 rings (SSSR count). The minimum absolute atomic E-state index is 0.00972. The van der Waals surface area contributed by atoms with Crippen LogP contribution in [0.4, 0.5) is 5.69 Å². The Bertz CT molecular complexity index is 805. The Labute approximate surface area is 145 Å². The highest BCUT2D eigenvalue weighted by Crippen LogP contribution is 2.32. The number of anilines is 1. The smallest absolute Gasteiger partial charge is 0.270 e. The lowest BCUT2D eigenvalue weighted by Crippen LogP contribution is -2.31. The lowest BCUT2D eigenvalue weighted by atomic mass is 10.2. The van der Waals surface area contributed by atoms with Gasteiger partial charge in [0.2, 0.25) is 0 Å². The Morgan fingerprint density at radius 3 is 2.56 bits per heavy atom. The number of benzene rings is 1. The molecule has 1 aromatic carbocycles. The molecule has 0 saturated carbocycles. The predicted molar refractivity (Wildman–Crippen MR) is 92.2 cm³/mol. The predicted octanol–water partition coefficient (Wildman–Crippen LogP) is 2.24. The molecule has 2 aromatic rings. The van der Waals surface area contributed by atoms with Crippen LogP contribution < -0.4 is 20.1 Å². The monoisotopic (exact) mass is 341 g/mol. The van der Waals surface area contributed by atoms with Crippen molar-refractivity contribution in [1.82, 2.24) is 10.3 Å². The van der Waals surface area contributed by atoms with Crippen LogP contribution in [0.15, 0.2) is 36.5 Å². The van der Waals surface area contributed by atoms with Gasteiger partial charge in [-0.15, -0.1) is 0 Å².